The van der Waals surface area contributed by atoms with Crippen LogP contribution in [0.1, 0.15) is 42.4 Å². The number of rotatable bonds is 6. The molecule has 0 saturated carbocycles. The van der Waals surface area contributed by atoms with Gasteiger partial charge in [-0.2, -0.15) is 4.57 Å². The third-order valence-corrected chi connectivity index (χ3v) is 5.08. The van der Waals surface area contributed by atoms with E-state index in [0.717, 1.165) is 4.57 Å². The van der Waals surface area contributed by atoms with Crippen LogP contribution in [-0.4, -0.2) is 52.9 Å². The van der Waals surface area contributed by atoms with Crippen molar-refractivity contribution >= 4 is 17.8 Å². The fourth-order valence-corrected chi connectivity index (χ4v) is 3.50. The molecule has 1 aliphatic rings. The molecule has 1 aromatic heterocycles. The molecule has 0 radical (unpaired) electrons. The smallest absolute Gasteiger partial charge is 0.340 e. The zero-order valence-corrected chi connectivity index (χ0v) is 18.6. The van der Waals surface area contributed by atoms with Crippen molar-refractivity contribution in [3.8, 4) is 5.75 Å². The normalized spacial score (nSPS) is 19.7. The molecular weight excluding hydrogens is 436 g/mol. The lowest BCUT2D eigenvalue weighted by Crippen LogP contribution is -2.45. The maximum atomic E-state index is 13.2. The highest BCUT2D eigenvalue weighted by Crippen LogP contribution is 2.30. The third kappa shape index (κ3) is 5.20. The van der Waals surface area contributed by atoms with Crippen LogP contribution in [0.15, 0.2) is 40.1 Å². The van der Waals surface area contributed by atoms with Gasteiger partial charge in [-0.1, -0.05) is 0 Å². The molecule has 2 aromatic rings. The van der Waals surface area contributed by atoms with Gasteiger partial charge < -0.3 is 18.9 Å². The summed E-state index contributed by atoms with van der Waals surface area (Å²) in [6.07, 6.45) is -1.24. The van der Waals surface area contributed by atoms with Gasteiger partial charge in [-0.05, 0) is 31.2 Å². The Balaban J connectivity index is 1.98. The topological polar surface area (TPSA) is 132 Å². The molecule has 2 heterocycles. The van der Waals surface area contributed by atoms with E-state index >= 15 is 0 Å². The van der Waals surface area contributed by atoms with Gasteiger partial charge in [0, 0.05) is 37.6 Å². The van der Waals surface area contributed by atoms with E-state index in [2.05, 4.69) is 0 Å². The van der Waals surface area contributed by atoms with Gasteiger partial charge in [-0.3, -0.25) is 23.7 Å². The number of benzene rings is 1. The number of carbonyl (C=O) groups is 3. The molecule has 11 nitrogen and oxygen atoms in total. The molecule has 1 saturated heterocycles. The molecule has 0 bridgehead atoms. The molecule has 0 amide bonds. The Morgan fingerprint density at radius 3 is 2.33 bits per heavy atom. The van der Waals surface area contributed by atoms with Crippen molar-refractivity contribution < 1.29 is 33.3 Å². The van der Waals surface area contributed by atoms with Crippen LogP contribution in [0.25, 0.3) is 0 Å². The number of methoxy groups -OCH3 is 1. The summed E-state index contributed by atoms with van der Waals surface area (Å²) in [5.74, 6) is -1.41. The van der Waals surface area contributed by atoms with E-state index < -0.39 is 47.5 Å². The van der Waals surface area contributed by atoms with Gasteiger partial charge in [-0.15, -0.1) is 0 Å². The standard InChI is InChI=1S/C22H24N2O9/c1-12-10-23(19-9-17(32-14(3)26)18(33-19)11-31-13(2)25)22(29)24(20(12)27)21(28)15-5-7-16(30-4)8-6-15/h5-8,10,17-19H,9,11H2,1-4H3/t17-,18-,19-/m0/s1. The van der Waals surface area contributed by atoms with Gasteiger partial charge in [0.05, 0.1) is 7.11 Å². The number of carbonyl (C=O) groups excluding carboxylic acids is 3. The second-order valence-corrected chi connectivity index (χ2v) is 7.49. The average molecular weight is 460 g/mol. The highest BCUT2D eigenvalue weighted by Gasteiger charge is 2.40. The lowest BCUT2D eigenvalue weighted by molar-refractivity contribution is -0.155. The van der Waals surface area contributed by atoms with Crippen molar-refractivity contribution in [2.75, 3.05) is 13.7 Å². The van der Waals surface area contributed by atoms with Gasteiger partial charge in [0.1, 0.15) is 30.8 Å². The minimum absolute atomic E-state index is 0.0553. The minimum Gasteiger partial charge on any atom is -0.497 e. The molecule has 3 rings (SSSR count). The largest absolute Gasteiger partial charge is 0.497 e. The zero-order valence-electron chi connectivity index (χ0n) is 18.6. The summed E-state index contributed by atoms with van der Waals surface area (Å²) in [5.41, 5.74) is -1.42. The first-order chi connectivity index (χ1) is 15.6. The summed E-state index contributed by atoms with van der Waals surface area (Å²) in [6.45, 7) is 3.72. The molecule has 1 aromatic carbocycles. The molecule has 0 unspecified atom stereocenters. The van der Waals surface area contributed by atoms with Crippen LogP contribution in [0.5, 0.6) is 5.75 Å². The van der Waals surface area contributed by atoms with E-state index in [-0.39, 0.29) is 24.2 Å². The number of hydrogen-bond donors (Lipinski definition) is 0. The second-order valence-electron chi connectivity index (χ2n) is 7.49. The summed E-state index contributed by atoms with van der Waals surface area (Å²) in [7, 11) is 1.47. The SMILES string of the molecule is COc1ccc(C(=O)n2c(=O)c(C)cn([C@@H]3C[C@H](OC(C)=O)[C@H](COC(C)=O)O3)c2=O)cc1. The number of hydrogen-bond acceptors (Lipinski definition) is 9. The maximum Gasteiger partial charge on any atom is 0.340 e. The van der Waals surface area contributed by atoms with Crippen LogP contribution in [-0.2, 0) is 23.8 Å². The Bertz CT molecular complexity index is 1180. The van der Waals surface area contributed by atoms with Crippen LogP contribution < -0.4 is 16.0 Å². The number of nitrogens with zero attached hydrogens (tertiary/aromatic N) is 2. The van der Waals surface area contributed by atoms with Crippen LogP contribution >= 0.6 is 0 Å². The van der Waals surface area contributed by atoms with E-state index in [1.165, 1.54) is 58.3 Å². The van der Waals surface area contributed by atoms with Gasteiger partial charge in [0.15, 0.2) is 0 Å². The predicted molar refractivity (Wildman–Crippen MR) is 113 cm³/mol. The van der Waals surface area contributed by atoms with Gasteiger partial charge in [-0.25, -0.2) is 4.79 Å². The molecule has 33 heavy (non-hydrogen) atoms. The summed E-state index contributed by atoms with van der Waals surface area (Å²) in [6, 6.07) is 5.96. The van der Waals surface area contributed by atoms with Gasteiger partial charge in [0.2, 0.25) is 0 Å². The van der Waals surface area contributed by atoms with E-state index in [1.54, 1.807) is 0 Å². The van der Waals surface area contributed by atoms with E-state index in [4.69, 9.17) is 18.9 Å². The van der Waals surface area contributed by atoms with Crippen LogP contribution in [0, 0.1) is 6.92 Å². The highest BCUT2D eigenvalue weighted by atomic mass is 16.6. The van der Waals surface area contributed by atoms with E-state index in [9.17, 15) is 24.0 Å². The molecule has 11 heteroatoms. The van der Waals surface area contributed by atoms with Crippen molar-refractivity contribution in [2.24, 2.45) is 0 Å². The van der Waals surface area contributed by atoms with E-state index in [0.29, 0.717) is 10.3 Å². The van der Waals surface area contributed by atoms with Crippen LogP contribution in [0.4, 0.5) is 0 Å². The van der Waals surface area contributed by atoms with Crippen LogP contribution in [0.2, 0.25) is 0 Å². The Morgan fingerprint density at radius 1 is 1.09 bits per heavy atom. The summed E-state index contributed by atoms with van der Waals surface area (Å²) in [4.78, 5) is 61.5. The molecule has 3 atom stereocenters. The molecule has 0 spiro atoms. The van der Waals surface area contributed by atoms with Gasteiger partial charge in [0.25, 0.3) is 11.5 Å². The summed E-state index contributed by atoms with van der Waals surface area (Å²) in [5, 5.41) is 0. The highest BCUT2D eigenvalue weighted by molar-refractivity contribution is 5.95. The van der Waals surface area contributed by atoms with Crippen LogP contribution in [0.3, 0.4) is 0 Å². The quantitative estimate of drug-likeness (QED) is 0.574. The molecular formula is C22H24N2O9. The second kappa shape index (κ2) is 9.82. The molecule has 1 aliphatic heterocycles. The van der Waals surface area contributed by atoms with Crippen molar-refractivity contribution in [3.05, 3.63) is 62.4 Å². The molecule has 0 aliphatic carbocycles. The first-order valence-corrected chi connectivity index (χ1v) is 10.1. The fraction of sp³-hybridized carbons (Fsp3) is 0.409. The predicted octanol–water partition coefficient (Wildman–Crippen LogP) is 0.798. The number of aryl methyl sites for hydroxylation is 1. The number of ether oxygens (including phenoxy) is 4. The first kappa shape index (κ1) is 23.9. The van der Waals surface area contributed by atoms with Crippen molar-refractivity contribution in [1.82, 2.24) is 9.13 Å². The van der Waals surface area contributed by atoms with Crippen molar-refractivity contribution in [1.29, 1.82) is 0 Å². The third-order valence-electron chi connectivity index (χ3n) is 5.08. The molecule has 0 N–H and O–H groups in total. The molecule has 176 valence electrons. The minimum atomic E-state index is -0.961. The van der Waals surface area contributed by atoms with E-state index in [1.807, 2.05) is 0 Å². The average Bonchev–Trinajstić information content (AvgIpc) is 3.16. The lowest BCUT2D eigenvalue weighted by atomic mass is 10.2. The summed E-state index contributed by atoms with van der Waals surface area (Å²) >= 11 is 0. The van der Waals surface area contributed by atoms with Gasteiger partial charge >= 0.3 is 17.6 Å². The zero-order chi connectivity index (χ0) is 24.3. The number of esters is 2. The molecule has 1 fully saturated rings. The lowest BCUT2D eigenvalue weighted by Gasteiger charge is -2.18. The Kier molecular flexibility index (Phi) is 7.12. The first-order valence-electron chi connectivity index (χ1n) is 10.1. The maximum absolute atomic E-state index is 13.2. The Morgan fingerprint density at radius 2 is 1.76 bits per heavy atom. The Hall–Kier alpha value is -3.73. The Labute approximate surface area is 188 Å². The monoisotopic (exact) mass is 460 g/mol. The fourth-order valence-electron chi connectivity index (χ4n) is 3.50. The van der Waals surface area contributed by atoms with Crippen molar-refractivity contribution in [2.45, 2.75) is 45.6 Å². The summed E-state index contributed by atoms with van der Waals surface area (Å²) < 4.78 is 22.7. The van der Waals surface area contributed by atoms with Crippen molar-refractivity contribution in [3.63, 3.8) is 0 Å². The number of aromatic nitrogens is 2.